The summed E-state index contributed by atoms with van der Waals surface area (Å²) >= 11 is 0. The highest BCUT2D eigenvalue weighted by Gasteiger charge is 2.19. The van der Waals surface area contributed by atoms with E-state index in [0.717, 1.165) is 69.6 Å². The number of carbonyl (C=O) groups excluding carboxylic acids is 3. The minimum atomic E-state index is -0.760. The topological polar surface area (TPSA) is 78.9 Å². The highest BCUT2D eigenvalue weighted by molar-refractivity contribution is 5.71. The van der Waals surface area contributed by atoms with E-state index in [0.29, 0.717) is 19.3 Å². The molecule has 0 bridgehead atoms. The van der Waals surface area contributed by atoms with Gasteiger partial charge in [0.25, 0.3) is 0 Å². The highest BCUT2D eigenvalue weighted by atomic mass is 16.6. The van der Waals surface area contributed by atoms with Crippen molar-refractivity contribution < 1.29 is 28.6 Å². The predicted molar refractivity (Wildman–Crippen MR) is 256 cm³/mol. The second kappa shape index (κ2) is 46.9. The van der Waals surface area contributed by atoms with E-state index >= 15 is 0 Å². The van der Waals surface area contributed by atoms with E-state index in [1.54, 1.807) is 0 Å². The maximum Gasteiger partial charge on any atom is 0.306 e. The summed E-state index contributed by atoms with van der Waals surface area (Å²) in [4.78, 5) is 37.8. The molecule has 356 valence electrons. The van der Waals surface area contributed by atoms with E-state index in [1.165, 1.54) is 186 Å². The van der Waals surface area contributed by atoms with E-state index in [9.17, 15) is 14.4 Å². The fourth-order valence-corrected chi connectivity index (χ4v) is 8.17. The first-order valence-corrected chi connectivity index (χ1v) is 26.7. The molecule has 0 fully saturated rings. The Morgan fingerprint density at radius 3 is 0.817 bits per heavy atom. The van der Waals surface area contributed by atoms with E-state index in [4.69, 9.17) is 14.2 Å². The minimum Gasteiger partial charge on any atom is -0.462 e. The first-order chi connectivity index (χ1) is 29.2. The van der Waals surface area contributed by atoms with Crippen LogP contribution < -0.4 is 0 Å². The van der Waals surface area contributed by atoms with Gasteiger partial charge in [0.15, 0.2) is 6.10 Å². The van der Waals surface area contributed by atoms with Crippen molar-refractivity contribution in [2.45, 2.75) is 304 Å². The van der Waals surface area contributed by atoms with E-state index in [1.807, 2.05) is 0 Å². The highest BCUT2D eigenvalue weighted by Crippen LogP contribution is 2.18. The van der Waals surface area contributed by atoms with Gasteiger partial charge in [-0.25, -0.2) is 0 Å². The molecule has 0 radical (unpaired) electrons. The molecule has 0 spiro atoms. The number of hydrogen-bond acceptors (Lipinski definition) is 6. The molecule has 6 nitrogen and oxygen atoms in total. The van der Waals surface area contributed by atoms with Gasteiger partial charge in [-0.3, -0.25) is 14.4 Å². The monoisotopic (exact) mass is 849 g/mol. The molecule has 0 aromatic carbocycles. The van der Waals surface area contributed by atoms with Crippen LogP contribution in [0.25, 0.3) is 0 Å². The van der Waals surface area contributed by atoms with Gasteiger partial charge in [-0.15, -0.1) is 0 Å². The molecule has 0 aliphatic carbocycles. The number of carbonyl (C=O) groups is 3. The Balaban J connectivity index is 4.15. The molecule has 0 aliphatic rings. The Morgan fingerprint density at radius 2 is 0.550 bits per heavy atom. The lowest BCUT2D eigenvalue weighted by Gasteiger charge is -2.18. The van der Waals surface area contributed by atoms with Crippen molar-refractivity contribution in [3.63, 3.8) is 0 Å². The van der Waals surface area contributed by atoms with Gasteiger partial charge < -0.3 is 14.2 Å². The third-order valence-corrected chi connectivity index (χ3v) is 12.2. The second-order valence-electron chi connectivity index (χ2n) is 19.5. The summed E-state index contributed by atoms with van der Waals surface area (Å²) in [5, 5.41) is 0. The van der Waals surface area contributed by atoms with Gasteiger partial charge in [0.2, 0.25) is 0 Å². The molecule has 0 aromatic heterocycles. The Kier molecular flexibility index (Phi) is 45.7. The van der Waals surface area contributed by atoms with Gasteiger partial charge >= 0.3 is 17.9 Å². The fourth-order valence-electron chi connectivity index (χ4n) is 8.17. The standard InChI is InChI=1S/C54H104O6/c1-6-7-8-9-27-34-39-44-52(55)58-47-51(48-59-53(56)45-40-35-30-25-22-18-20-24-29-33-38-43-50(4)5)60-54(57)46-41-36-31-26-21-17-15-13-11-10-12-14-16-19-23-28-32-37-42-49(2)3/h49-51H,6-48H2,1-5H3/t51-/m0/s1. The van der Waals surface area contributed by atoms with Crippen molar-refractivity contribution in [1.82, 2.24) is 0 Å². The maximum atomic E-state index is 12.8. The summed E-state index contributed by atoms with van der Waals surface area (Å²) in [7, 11) is 0. The third kappa shape index (κ3) is 47.5. The Hall–Kier alpha value is -1.59. The number of unbranched alkanes of at least 4 members (excludes halogenated alkanes) is 33. The lowest BCUT2D eigenvalue weighted by molar-refractivity contribution is -0.167. The lowest BCUT2D eigenvalue weighted by atomic mass is 10.0. The van der Waals surface area contributed by atoms with Crippen molar-refractivity contribution in [3.8, 4) is 0 Å². The largest absolute Gasteiger partial charge is 0.462 e. The first kappa shape index (κ1) is 58.4. The molecule has 60 heavy (non-hydrogen) atoms. The van der Waals surface area contributed by atoms with Gasteiger partial charge in [-0.1, -0.05) is 259 Å². The summed E-state index contributed by atoms with van der Waals surface area (Å²) in [5.74, 6) is 0.832. The zero-order chi connectivity index (χ0) is 44.0. The number of hydrogen-bond donors (Lipinski definition) is 0. The molecular formula is C54H104O6. The molecule has 0 rings (SSSR count). The number of rotatable bonds is 48. The molecule has 0 unspecified atom stereocenters. The van der Waals surface area contributed by atoms with Crippen molar-refractivity contribution in [1.29, 1.82) is 0 Å². The van der Waals surface area contributed by atoms with Crippen molar-refractivity contribution in [2.24, 2.45) is 11.8 Å². The predicted octanol–water partition coefficient (Wildman–Crippen LogP) is 17.3. The molecule has 0 saturated carbocycles. The molecular weight excluding hydrogens is 745 g/mol. The lowest BCUT2D eigenvalue weighted by Crippen LogP contribution is -2.30. The van der Waals surface area contributed by atoms with Gasteiger partial charge in [-0.2, -0.15) is 0 Å². The zero-order valence-corrected chi connectivity index (χ0v) is 41.1. The van der Waals surface area contributed by atoms with Crippen LogP contribution in [0.1, 0.15) is 298 Å². The molecule has 0 saturated heterocycles. The van der Waals surface area contributed by atoms with Crippen LogP contribution >= 0.6 is 0 Å². The quantitative estimate of drug-likeness (QED) is 0.0345. The molecule has 6 heteroatoms. The Bertz CT molecular complexity index is 916. The maximum absolute atomic E-state index is 12.8. The molecule has 0 N–H and O–H groups in total. The SMILES string of the molecule is CCCCCCCCCC(=O)OC[C@@H](COC(=O)CCCCCCCCCCCCCC(C)C)OC(=O)CCCCCCCCCCCCCCCCCCCCC(C)C. The van der Waals surface area contributed by atoms with Gasteiger partial charge in [0.1, 0.15) is 13.2 Å². The van der Waals surface area contributed by atoms with Crippen molar-refractivity contribution in [2.75, 3.05) is 13.2 Å². The third-order valence-electron chi connectivity index (χ3n) is 12.2. The summed E-state index contributed by atoms with van der Waals surface area (Å²) in [6.45, 7) is 11.4. The van der Waals surface area contributed by atoms with Crippen LogP contribution in [0.2, 0.25) is 0 Å². The van der Waals surface area contributed by atoms with Crippen LogP contribution in [0.3, 0.4) is 0 Å². The number of ether oxygens (including phenoxy) is 3. The van der Waals surface area contributed by atoms with E-state index < -0.39 is 6.10 Å². The smallest absolute Gasteiger partial charge is 0.306 e. The van der Waals surface area contributed by atoms with Gasteiger partial charge in [0.05, 0.1) is 0 Å². The van der Waals surface area contributed by atoms with Crippen molar-refractivity contribution >= 4 is 17.9 Å². The van der Waals surface area contributed by atoms with Crippen LogP contribution in [-0.4, -0.2) is 37.2 Å². The number of esters is 3. The Morgan fingerprint density at radius 1 is 0.317 bits per heavy atom. The van der Waals surface area contributed by atoms with Crippen LogP contribution in [0.15, 0.2) is 0 Å². The summed E-state index contributed by atoms with van der Waals surface area (Å²) in [5.41, 5.74) is 0. The van der Waals surface area contributed by atoms with Crippen LogP contribution in [-0.2, 0) is 28.6 Å². The summed E-state index contributed by atoms with van der Waals surface area (Å²) in [6.07, 6.45) is 48.2. The molecule has 1 atom stereocenters. The first-order valence-electron chi connectivity index (χ1n) is 26.7. The average molecular weight is 849 g/mol. The average Bonchev–Trinajstić information content (AvgIpc) is 3.22. The summed E-state index contributed by atoms with van der Waals surface area (Å²) < 4.78 is 16.8. The van der Waals surface area contributed by atoms with E-state index in [-0.39, 0.29) is 31.1 Å². The molecule has 0 aliphatic heterocycles. The fraction of sp³-hybridized carbons (Fsp3) is 0.944. The normalized spacial score (nSPS) is 12.1. The second-order valence-corrected chi connectivity index (χ2v) is 19.5. The zero-order valence-electron chi connectivity index (χ0n) is 41.1. The molecule has 0 aromatic rings. The van der Waals surface area contributed by atoms with Crippen molar-refractivity contribution in [3.05, 3.63) is 0 Å². The minimum absolute atomic E-state index is 0.0640. The van der Waals surface area contributed by atoms with Crippen LogP contribution in [0.4, 0.5) is 0 Å². The van der Waals surface area contributed by atoms with Gasteiger partial charge in [0, 0.05) is 19.3 Å². The Labute approximate surface area is 374 Å². The van der Waals surface area contributed by atoms with Crippen LogP contribution in [0, 0.1) is 11.8 Å². The summed E-state index contributed by atoms with van der Waals surface area (Å²) in [6, 6.07) is 0. The van der Waals surface area contributed by atoms with Gasteiger partial charge in [-0.05, 0) is 31.1 Å². The molecule has 0 amide bonds. The molecule has 0 heterocycles. The van der Waals surface area contributed by atoms with Crippen LogP contribution in [0.5, 0.6) is 0 Å². The van der Waals surface area contributed by atoms with E-state index in [2.05, 4.69) is 34.6 Å².